The van der Waals surface area contributed by atoms with Gasteiger partial charge in [-0.1, -0.05) is 25.0 Å². The number of aromatic nitrogens is 4. The fraction of sp³-hybridized carbons (Fsp3) is 0.682. The number of hydrogen-bond acceptors (Lipinski definition) is 5. The number of nitrogens with zero attached hydrogens (tertiary/aromatic N) is 5. The molecule has 6 heteroatoms. The lowest BCUT2D eigenvalue weighted by Crippen LogP contribution is -2.38. The number of fused-ring (bicyclic) bond motifs is 2. The molecule has 4 heterocycles. The van der Waals surface area contributed by atoms with E-state index in [1.54, 1.807) is 17.5 Å². The first-order chi connectivity index (χ1) is 13.5. The van der Waals surface area contributed by atoms with E-state index in [1.807, 2.05) is 6.20 Å². The van der Waals surface area contributed by atoms with Crippen molar-refractivity contribution in [3.63, 3.8) is 0 Å². The first-order valence-electron chi connectivity index (χ1n) is 10.9. The van der Waals surface area contributed by atoms with Crippen LogP contribution in [0, 0.1) is 5.41 Å². The zero-order valence-electron chi connectivity index (χ0n) is 17.4. The number of hydrogen-bond donors (Lipinski definition) is 1. The van der Waals surface area contributed by atoms with Gasteiger partial charge in [0.05, 0.1) is 11.6 Å². The maximum atomic E-state index is 4.62. The van der Waals surface area contributed by atoms with E-state index in [4.69, 9.17) is 0 Å². The summed E-state index contributed by atoms with van der Waals surface area (Å²) in [7, 11) is 0. The number of allylic oxidation sites excluding steroid dienone is 1. The summed E-state index contributed by atoms with van der Waals surface area (Å²) in [5.74, 6) is 1.06. The first kappa shape index (κ1) is 18.1. The number of aromatic amines is 1. The maximum absolute atomic E-state index is 4.62. The lowest BCUT2D eigenvalue weighted by atomic mass is 9.71. The molecule has 150 valence electrons. The number of anilines is 1. The van der Waals surface area contributed by atoms with Crippen LogP contribution in [-0.4, -0.2) is 56.8 Å². The van der Waals surface area contributed by atoms with Gasteiger partial charge in [-0.05, 0) is 50.9 Å². The highest BCUT2D eigenvalue weighted by atomic mass is 15.3. The van der Waals surface area contributed by atoms with Crippen LogP contribution in [0.3, 0.4) is 0 Å². The normalized spacial score (nSPS) is 27.8. The molecule has 2 aromatic rings. The smallest absolute Gasteiger partial charge is 0.160 e. The number of H-pyrrole nitrogens is 1. The predicted molar refractivity (Wildman–Crippen MR) is 112 cm³/mol. The third kappa shape index (κ3) is 2.93. The first-order valence-corrected chi connectivity index (χ1v) is 10.9. The Morgan fingerprint density at radius 1 is 1.18 bits per heavy atom. The van der Waals surface area contributed by atoms with Crippen LogP contribution in [0.25, 0.3) is 11.0 Å². The molecule has 3 aliphatic rings. The van der Waals surface area contributed by atoms with Gasteiger partial charge < -0.3 is 4.90 Å². The van der Waals surface area contributed by atoms with Crippen LogP contribution < -0.4 is 4.90 Å². The fourth-order valence-corrected chi connectivity index (χ4v) is 6.08. The number of likely N-dealkylation sites (tertiary alicyclic amines) is 1. The van der Waals surface area contributed by atoms with Crippen LogP contribution in [0.15, 0.2) is 23.7 Å². The summed E-state index contributed by atoms with van der Waals surface area (Å²) < 4.78 is 0. The average Bonchev–Trinajstić information content (AvgIpc) is 3.37. The minimum absolute atomic E-state index is 0.386. The van der Waals surface area contributed by atoms with E-state index < -0.39 is 0 Å². The van der Waals surface area contributed by atoms with Gasteiger partial charge in [0, 0.05) is 31.7 Å². The Morgan fingerprint density at radius 3 is 2.89 bits per heavy atom. The van der Waals surface area contributed by atoms with E-state index in [1.165, 1.54) is 51.6 Å². The molecule has 1 N–H and O–H groups in total. The fourth-order valence-electron chi connectivity index (χ4n) is 6.08. The van der Waals surface area contributed by atoms with Crippen molar-refractivity contribution in [3.05, 3.63) is 23.7 Å². The summed E-state index contributed by atoms with van der Waals surface area (Å²) in [6.45, 7) is 10.7. The summed E-state index contributed by atoms with van der Waals surface area (Å²) in [6.07, 6.45) is 11.2. The van der Waals surface area contributed by atoms with Crippen molar-refractivity contribution in [2.75, 3.05) is 24.5 Å². The van der Waals surface area contributed by atoms with Crippen molar-refractivity contribution in [2.24, 2.45) is 5.41 Å². The van der Waals surface area contributed by atoms with E-state index in [0.717, 1.165) is 23.4 Å². The molecule has 2 saturated heterocycles. The van der Waals surface area contributed by atoms with Crippen molar-refractivity contribution < 1.29 is 0 Å². The lowest BCUT2D eigenvalue weighted by Gasteiger charge is -2.36. The quantitative estimate of drug-likeness (QED) is 0.815. The molecule has 1 aliphatic carbocycles. The second kappa shape index (κ2) is 6.83. The van der Waals surface area contributed by atoms with Crippen molar-refractivity contribution in [3.8, 4) is 0 Å². The molecule has 28 heavy (non-hydrogen) atoms. The highest BCUT2D eigenvalue weighted by Crippen LogP contribution is 2.43. The molecule has 0 aromatic carbocycles. The van der Waals surface area contributed by atoms with Gasteiger partial charge in [-0.15, -0.1) is 0 Å². The second-order valence-electron chi connectivity index (χ2n) is 9.52. The van der Waals surface area contributed by atoms with E-state index in [2.05, 4.69) is 50.7 Å². The van der Waals surface area contributed by atoms with Crippen LogP contribution >= 0.6 is 0 Å². The lowest BCUT2D eigenvalue weighted by molar-refractivity contribution is 0.245. The zero-order valence-corrected chi connectivity index (χ0v) is 17.4. The predicted octanol–water partition coefficient (Wildman–Crippen LogP) is 3.92. The molecule has 2 aliphatic heterocycles. The third-order valence-corrected chi connectivity index (χ3v) is 7.53. The highest BCUT2D eigenvalue weighted by Gasteiger charge is 2.43. The number of rotatable bonds is 4. The van der Waals surface area contributed by atoms with E-state index in [9.17, 15) is 0 Å². The molecule has 0 bridgehead atoms. The monoisotopic (exact) mass is 380 g/mol. The SMILES string of the molecule is CC1=C(CCN2CC[C@H]3[C@@H]2CCN3c2ncnc3[nH]ncc23)C(C)(C)CCC1. The topological polar surface area (TPSA) is 60.9 Å². The Kier molecular flexibility index (Phi) is 4.42. The van der Waals surface area contributed by atoms with Gasteiger partial charge in [0.1, 0.15) is 12.1 Å². The van der Waals surface area contributed by atoms with Crippen LogP contribution in [0.2, 0.25) is 0 Å². The molecular weight excluding hydrogens is 348 g/mol. The molecule has 0 spiro atoms. The van der Waals surface area contributed by atoms with Crippen LogP contribution in [0.4, 0.5) is 5.82 Å². The van der Waals surface area contributed by atoms with Gasteiger partial charge in [-0.2, -0.15) is 5.10 Å². The molecule has 6 nitrogen and oxygen atoms in total. The van der Waals surface area contributed by atoms with E-state index in [0.29, 0.717) is 17.5 Å². The minimum Gasteiger partial charge on any atom is -0.351 e. The molecule has 0 amide bonds. The van der Waals surface area contributed by atoms with Gasteiger partial charge in [0.25, 0.3) is 0 Å². The van der Waals surface area contributed by atoms with Crippen molar-refractivity contribution in [2.45, 2.75) is 71.4 Å². The maximum Gasteiger partial charge on any atom is 0.160 e. The summed E-state index contributed by atoms with van der Waals surface area (Å²) >= 11 is 0. The van der Waals surface area contributed by atoms with Crippen LogP contribution in [-0.2, 0) is 0 Å². The van der Waals surface area contributed by atoms with Gasteiger partial charge >= 0.3 is 0 Å². The Labute approximate surface area is 167 Å². The second-order valence-corrected chi connectivity index (χ2v) is 9.52. The Balaban J connectivity index is 1.30. The molecular formula is C22H32N6. The third-order valence-electron chi connectivity index (χ3n) is 7.53. The van der Waals surface area contributed by atoms with Gasteiger partial charge in [0.15, 0.2) is 5.65 Å². The summed E-state index contributed by atoms with van der Waals surface area (Å²) in [5.41, 5.74) is 4.61. The van der Waals surface area contributed by atoms with Gasteiger partial charge in [-0.3, -0.25) is 10.00 Å². The van der Waals surface area contributed by atoms with E-state index >= 15 is 0 Å². The zero-order chi connectivity index (χ0) is 19.3. The Bertz CT molecular complexity index is 897. The highest BCUT2D eigenvalue weighted by molar-refractivity contribution is 5.86. The van der Waals surface area contributed by atoms with Crippen LogP contribution in [0.1, 0.15) is 59.3 Å². The molecule has 2 atom stereocenters. The molecule has 0 radical (unpaired) electrons. The molecule has 0 saturated carbocycles. The Morgan fingerprint density at radius 2 is 2.04 bits per heavy atom. The summed E-state index contributed by atoms with van der Waals surface area (Å²) in [5, 5.41) is 8.19. The molecule has 5 rings (SSSR count). The van der Waals surface area contributed by atoms with Gasteiger partial charge in [0.2, 0.25) is 0 Å². The minimum atomic E-state index is 0.386. The Hall–Kier alpha value is -1.95. The van der Waals surface area contributed by atoms with E-state index in [-0.39, 0.29) is 0 Å². The molecule has 0 unspecified atom stereocenters. The van der Waals surface area contributed by atoms with Crippen LogP contribution in [0.5, 0.6) is 0 Å². The van der Waals surface area contributed by atoms with Crippen molar-refractivity contribution in [1.82, 2.24) is 25.1 Å². The van der Waals surface area contributed by atoms with Crippen molar-refractivity contribution >= 4 is 16.9 Å². The standard InChI is InChI=1S/C22H32N6/c1-15-5-4-9-22(2,3)17(15)6-10-27-11-7-19-18(27)8-12-28(19)21-16-13-25-26-20(16)23-14-24-21/h13-14,18-19H,4-12H2,1-3H3,(H,23,24,25,26)/t18-,19-/m0/s1. The largest absolute Gasteiger partial charge is 0.351 e. The summed E-state index contributed by atoms with van der Waals surface area (Å²) in [4.78, 5) is 14.2. The number of nitrogens with one attached hydrogen (secondary N) is 1. The van der Waals surface area contributed by atoms with Crippen molar-refractivity contribution in [1.29, 1.82) is 0 Å². The average molecular weight is 381 g/mol. The molecule has 2 aromatic heterocycles. The molecule has 2 fully saturated rings. The van der Waals surface area contributed by atoms with Gasteiger partial charge in [-0.25, -0.2) is 9.97 Å². The summed E-state index contributed by atoms with van der Waals surface area (Å²) in [6, 6.07) is 1.23.